The van der Waals surface area contributed by atoms with E-state index >= 15 is 0 Å². The van der Waals surface area contributed by atoms with Gasteiger partial charge in [-0.15, -0.1) is 10.2 Å². The van der Waals surface area contributed by atoms with Crippen LogP contribution in [0.25, 0.3) is 0 Å². The van der Waals surface area contributed by atoms with Gasteiger partial charge >= 0.3 is 0 Å². The highest BCUT2D eigenvalue weighted by molar-refractivity contribution is 5.79. The van der Waals surface area contributed by atoms with E-state index < -0.39 is 0 Å². The van der Waals surface area contributed by atoms with Gasteiger partial charge in [0.2, 0.25) is 5.91 Å². The summed E-state index contributed by atoms with van der Waals surface area (Å²) in [5.74, 6) is 1.74. The molecule has 146 valence electrons. The number of rotatable bonds is 8. The first-order chi connectivity index (χ1) is 13.0. The maximum atomic E-state index is 12.4. The number of hydrogen-bond acceptors (Lipinski definition) is 5. The van der Waals surface area contributed by atoms with Gasteiger partial charge in [-0.05, 0) is 37.8 Å². The molecule has 0 unspecified atom stereocenters. The third-order valence-electron chi connectivity index (χ3n) is 5.24. The summed E-state index contributed by atoms with van der Waals surface area (Å²) in [7, 11) is 1.65. The molecule has 7 nitrogen and oxygen atoms in total. The predicted molar refractivity (Wildman–Crippen MR) is 101 cm³/mol. The fraction of sp³-hybridized carbons (Fsp3) is 0.550. The topological polar surface area (TPSA) is 89.3 Å². The molecule has 0 bridgehead atoms. The molecule has 1 heterocycles. The summed E-state index contributed by atoms with van der Waals surface area (Å²) in [4.78, 5) is 12.4. The zero-order valence-electron chi connectivity index (χ0n) is 16.2. The first kappa shape index (κ1) is 19.5. The van der Waals surface area contributed by atoms with E-state index in [1.807, 2.05) is 18.4 Å². The van der Waals surface area contributed by atoms with Crippen molar-refractivity contribution in [3.8, 4) is 0 Å². The minimum atomic E-state index is -0.139. The van der Waals surface area contributed by atoms with E-state index in [9.17, 15) is 9.90 Å². The number of carbonyl (C=O) groups excluding carboxylic acids is 1. The molecule has 1 aliphatic rings. The highest BCUT2D eigenvalue weighted by Gasteiger charge is 2.35. The highest BCUT2D eigenvalue weighted by Crippen LogP contribution is 2.36. The Balaban J connectivity index is 1.54. The van der Waals surface area contributed by atoms with Crippen molar-refractivity contribution < 1.29 is 14.6 Å². The molecule has 1 amide bonds. The molecule has 0 atom stereocenters. The van der Waals surface area contributed by atoms with Gasteiger partial charge in [-0.3, -0.25) is 4.79 Å². The van der Waals surface area contributed by atoms with Gasteiger partial charge in [-0.2, -0.15) is 0 Å². The highest BCUT2D eigenvalue weighted by atomic mass is 16.5. The van der Waals surface area contributed by atoms with Crippen LogP contribution in [0.2, 0.25) is 0 Å². The fourth-order valence-corrected chi connectivity index (χ4v) is 3.58. The van der Waals surface area contributed by atoms with E-state index in [1.165, 1.54) is 5.56 Å². The molecule has 0 aliphatic heterocycles. The van der Waals surface area contributed by atoms with Crippen LogP contribution in [0, 0.1) is 13.8 Å². The van der Waals surface area contributed by atoms with E-state index in [2.05, 4.69) is 33.7 Å². The molecule has 1 aromatic heterocycles. The number of aromatic nitrogens is 3. The number of aliphatic hydroxyl groups excluding tert-OH is 1. The number of amides is 1. The smallest absolute Gasteiger partial charge is 0.224 e. The van der Waals surface area contributed by atoms with Crippen molar-refractivity contribution in [3.05, 3.63) is 46.5 Å². The van der Waals surface area contributed by atoms with Crippen molar-refractivity contribution in [2.75, 3.05) is 13.7 Å². The van der Waals surface area contributed by atoms with Crippen LogP contribution in [0.4, 0.5) is 0 Å². The Hall–Kier alpha value is -2.25. The Kier molecular flexibility index (Phi) is 6.23. The Bertz CT molecular complexity index is 797. The van der Waals surface area contributed by atoms with Crippen molar-refractivity contribution in [1.82, 2.24) is 20.1 Å². The van der Waals surface area contributed by atoms with Crippen molar-refractivity contribution >= 4 is 5.91 Å². The number of nitrogens with one attached hydrogen (secondary N) is 1. The maximum Gasteiger partial charge on any atom is 0.224 e. The summed E-state index contributed by atoms with van der Waals surface area (Å²) >= 11 is 0. The van der Waals surface area contributed by atoms with Gasteiger partial charge in [0.25, 0.3) is 0 Å². The van der Waals surface area contributed by atoms with Crippen LogP contribution >= 0.6 is 0 Å². The first-order valence-corrected chi connectivity index (χ1v) is 9.39. The fourth-order valence-electron chi connectivity index (χ4n) is 3.58. The molecule has 0 saturated heterocycles. The van der Waals surface area contributed by atoms with Crippen molar-refractivity contribution in [2.24, 2.45) is 0 Å². The standard InChI is InChI=1S/C20H28N4O3/c1-13-4-5-14(2)15(8-13)11-19(26)21-17-9-16(10-17)20-23-22-18(12-25)24(20)6-7-27-3/h4-5,8,16-17,25H,6-7,9-12H2,1-3H3,(H,21,26). The summed E-state index contributed by atoms with van der Waals surface area (Å²) in [5, 5.41) is 20.9. The summed E-state index contributed by atoms with van der Waals surface area (Å²) in [6.45, 7) is 5.10. The number of nitrogens with zero attached hydrogens (tertiary/aromatic N) is 3. The van der Waals surface area contributed by atoms with Gasteiger partial charge < -0.3 is 19.7 Å². The second-order valence-corrected chi connectivity index (χ2v) is 7.32. The molecule has 3 rings (SSSR count). The quantitative estimate of drug-likeness (QED) is 0.735. The van der Waals surface area contributed by atoms with Gasteiger partial charge in [-0.25, -0.2) is 0 Å². The molecule has 1 aliphatic carbocycles. The second kappa shape index (κ2) is 8.63. The zero-order chi connectivity index (χ0) is 19.4. The largest absolute Gasteiger partial charge is 0.388 e. The van der Waals surface area contributed by atoms with Crippen LogP contribution in [-0.4, -0.2) is 45.5 Å². The van der Waals surface area contributed by atoms with Crippen LogP contribution in [0.5, 0.6) is 0 Å². The SMILES string of the molecule is COCCn1c(CO)nnc1C1CC(NC(=O)Cc2cc(C)ccc2C)C1. The Morgan fingerprint density at radius 2 is 2.11 bits per heavy atom. The van der Waals surface area contributed by atoms with E-state index in [4.69, 9.17) is 4.74 Å². The monoisotopic (exact) mass is 372 g/mol. The Morgan fingerprint density at radius 1 is 1.33 bits per heavy atom. The average molecular weight is 372 g/mol. The third kappa shape index (κ3) is 4.54. The molecule has 1 fully saturated rings. The first-order valence-electron chi connectivity index (χ1n) is 9.39. The molecule has 7 heteroatoms. The summed E-state index contributed by atoms with van der Waals surface area (Å²) in [5.41, 5.74) is 3.39. The van der Waals surface area contributed by atoms with E-state index in [0.29, 0.717) is 25.4 Å². The normalized spacial score (nSPS) is 19.0. The lowest BCUT2D eigenvalue weighted by molar-refractivity contribution is -0.121. The van der Waals surface area contributed by atoms with Gasteiger partial charge in [0.05, 0.1) is 13.0 Å². The van der Waals surface area contributed by atoms with Crippen molar-refractivity contribution in [3.63, 3.8) is 0 Å². The van der Waals surface area contributed by atoms with Crippen molar-refractivity contribution in [1.29, 1.82) is 0 Å². The summed E-state index contributed by atoms with van der Waals surface area (Å²) in [6.07, 6.45) is 2.09. The average Bonchev–Trinajstić information content (AvgIpc) is 3.01. The Labute approximate surface area is 159 Å². The van der Waals surface area contributed by atoms with E-state index in [1.54, 1.807) is 7.11 Å². The molecule has 1 saturated carbocycles. The minimum Gasteiger partial charge on any atom is -0.388 e. The summed E-state index contributed by atoms with van der Waals surface area (Å²) < 4.78 is 7.07. The lowest BCUT2D eigenvalue weighted by Gasteiger charge is -2.35. The van der Waals surface area contributed by atoms with Gasteiger partial charge in [-0.1, -0.05) is 23.8 Å². The van der Waals surface area contributed by atoms with Gasteiger partial charge in [0.1, 0.15) is 12.4 Å². The van der Waals surface area contributed by atoms with Crippen molar-refractivity contribution in [2.45, 2.75) is 58.2 Å². The minimum absolute atomic E-state index is 0.0593. The summed E-state index contributed by atoms with van der Waals surface area (Å²) in [6, 6.07) is 6.36. The number of ether oxygens (including phenoxy) is 1. The molecule has 2 N–H and O–H groups in total. The third-order valence-corrected chi connectivity index (χ3v) is 5.24. The lowest BCUT2D eigenvalue weighted by atomic mass is 9.79. The van der Waals surface area contributed by atoms with E-state index in [0.717, 1.165) is 29.8 Å². The zero-order valence-corrected chi connectivity index (χ0v) is 16.2. The van der Waals surface area contributed by atoms with Crippen LogP contribution in [0.1, 0.15) is 47.1 Å². The number of benzene rings is 1. The van der Waals surface area contributed by atoms with Gasteiger partial charge in [0.15, 0.2) is 5.82 Å². The lowest BCUT2D eigenvalue weighted by Crippen LogP contribution is -2.44. The van der Waals surface area contributed by atoms with Crippen LogP contribution < -0.4 is 5.32 Å². The number of methoxy groups -OCH3 is 1. The maximum absolute atomic E-state index is 12.4. The van der Waals surface area contributed by atoms with Crippen LogP contribution in [-0.2, 0) is 29.1 Å². The predicted octanol–water partition coefficient (Wildman–Crippen LogP) is 1.64. The molecular weight excluding hydrogens is 344 g/mol. The number of aliphatic hydroxyl groups is 1. The molecule has 2 aromatic rings. The molecule has 0 radical (unpaired) electrons. The van der Waals surface area contributed by atoms with Gasteiger partial charge in [0, 0.05) is 25.6 Å². The number of aryl methyl sites for hydroxylation is 2. The number of carbonyl (C=O) groups is 1. The van der Waals surface area contributed by atoms with Crippen LogP contribution in [0.3, 0.4) is 0 Å². The molecule has 0 spiro atoms. The van der Waals surface area contributed by atoms with E-state index in [-0.39, 0.29) is 24.5 Å². The molecule has 1 aromatic carbocycles. The second-order valence-electron chi connectivity index (χ2n) is 7.32. The van der Waals surface area contributed by atoms with Crippen LogP contribution in [0.15, 0.2) is 18.2 Å². The Morgan fingerprint density at radius 3 is 2.81 bits per heavy atom. The number of hydrogen-bond donors (Lipinski definition) is 2. The molecular formula is C20H28N4O3. The molecule has 27 heavy (non-hydrogen) atoms.